The van der Waals surface area contributed by atoms with E-state index in [9.17, 15) is 0 Å². The van der Waals surface area contributed by atoms with Crippen molar-refractivity contribution in [1.29, 1.82) is 0 Å². The quantitative estimate of drug-likeness (QED) is 0.844. The Labute approximate surface area is 137 Å². The predicted octanol–water partition coefficient (Wildman–Crippen LogP) is 0.528. The topological polar surface area (TPSA) is 57.3 Å². The van der Waals surface area contributed by atoms with Crippen LogP contribution in [-0.2, 0) is 17.7 Å². The summed E-state index contributed by atoms with van der Waals surface area (Å²) in [6.45, 7) is 9.02. The second-order valence-corrected chi connectivity index (χ2v) is 6.49. The second kappa shape index (κ2) is 7.66. The molecule has 1 aromatic heterocycles. The smallest absolute Gasteiger partial charge is 0.209 e. The Balaban J connectivity index is 1.74. The summed E-state index contributed by atoms with van der Waals surface area (Å²) in [7, 11) is 0. The van der Waals surface area contributed by atoms with Crippen molar-refractivity contribution in [1.82, 2.24) is 20.2 Å². The Morgan fingerprint density at radius 2 is 1.91 bits per heavy atom. The third kappa shape index (κ3) is 3.95. The van der Waals surface area contributed by atoms with E-state index >= 15 is 0 Å². The molecule has 1 saturated heterocycles. The van der Waals surface area contributed by atoms with Gasteiger partial charge in [-0.1, -0.05) is 44.2 Å². The maximum atomic E-state index is 5.50. The molecule has 1 fully saturated rings. The Bertz CT molecular complexity index is 592. The predicted molar refractivity (Wildman–Crippen MR) is 87.1 cm³/mol. The molecule has 0 aliphatic carbocycles. The minimum Gasteiger partial charge on any atom is -0.370 e. The molecule has 0 saturated carbocycles. The number of hydrogen-bond acceptors (Lipinski definition) is 4. The molecule has 6 heteroatoms. The molecule has 2 aromatic rings. The first-order valence-electron chi connectivity index (χ1n) is 8.48. The summed E-state index contributed by atoms with van der Waals surface area (Å²) in [5, 5.41) is 12.6. The molecule has 0 bridgehead atoms. The third-order valence-electron chi connectivity index (χ3n) is 4.53. The van der Waals surface area contributed by atoms with E-state index in [1.54, 1.807) is 0 Å². The highest BCUT2D eigenvalue weighted by atomic mass is 16.5. The molecule has 2 heterocycles. The van der Waals surface area contributed by atoms with Crippen molar-refractivity contribution in [3.63, 3.8) is 0 Å². The van der Waals surface area contributed by atoms with Gasteiger partial charge in [-0.15, -0.1) is 5.10 Å². The Kier molecular flexibility index (Phi) is 5.35. The third-order valence-corrected chi connectivity index (χ3v) is 4.53. The molecule has 1 aliphatic rings. The van der Waals surface area contributed by atoms with Crippen molar-refractivity contribution in [2.75, 3.05) is 26.3 Å². The van der Waals surface area contributed by atoms with Gasteiger partial charge in [0.15, 0.2) is 6.04 Å². The van der Waals surface area contributed by atoms with Crippen LogP contribution in [0.1, 0.15) is 31.3 Å². The van der Waals surface area contributed by atoms with E-state index in [0.717, 1.165) is 45.1 Å². The van der Waals surface area contributed by atoms with E-state index in [1.165, 1.54) is 10.5 Å². The highest BCUT2D eigenvalue weighted by molar-refractivity contribution is 5.14. The van der Waals surface area contributed by atoms with Gasteiger partial charge in [-0.25, -0.2) is 4.68 Å². The number of benzene rings is 1. The van der Waals surface area contributed by atoms with Gasteiger partial charge in [0.25, 0.3) is 0 Å². The minimum absolute atomic E-state index is 0.324. The summed E-state index contributed by atoms with van der Waals surface area (Å²) in [6, 6.07) is 10.8. The molecule has 1 aliphatic heterocycles. The highest BCUT2D eigenvalue weighted by Crippen LogP contribution is 2.16. The van der Waals surface area contributed by atoms with Crippen LogP contribution in [0, 0.1) is 5.92 Å². The van der Waals surface area contributed by atoms with Crippen LogP contribution in [-0.4, -0.2) is 46.5 Å². The SMILES string of the molecule is CC(C)[C@H](c1nnnn1CCc1ccccc1)[NH+]1CCOCC1. The minimum atomic E-state index is 0.324. The molecular weight excluding hydrogens is 290 g/mol. The monoisotopic (exact) mass is 316 g/mol. The lowest BCUT2D eigenvalue weighted by molar-refractivity contribution is -0.943. The number of tetrazole rings is 1. The Morgan fingerprint density at radius 1 is 1.17 bits per heavy atom. The molecular formula is C17H26N5O+. The number of aromatic nitrogens is 4. The summed E-state index contributed by atoms with van der Waals surface area (Å²) >= 11 is 0. The number of rotatable bonds is 6. The summed E-state index contributed by atoms with van der Waals surface area (Å²) in [5.41, 5.74) is 1.31. The van der Waals surface area contributed by atoms with Gasteiger partial charge in [-0.3, -0.25) is 0 Å². The van der Waals surface area contributed by atoms with Gasteiger partial charge in [0.2, 0.25) is 5.82 Å². The fourth-order valence-corrected chi connectivity index (χ4v) is 3.37. The van der Waals surface area contributed by atoms with Gasteiger partial charge >= 0.3 is 0 Å². The van der Waals surface area contributed by atoms with Crippen LogP contribution in [0.5, 0.6) is 0 Å². The molecule has 23 heavy (non-hydrogen) atoms. The van der Waals surface area contributed by atoms with Crippen molar-refractivity contribution >= 4 is 0 Å². The summed E-state index contributed by atoms with van der Waals surface area (Å²) < 4.78 is 7.49. The summed E-state index contributed by atoms with van der Waals surface area (Å²) in [6.07, 6.45) is 0.947. The van der Waals surface area contributed by atoms with E-state index in [2.05, 4.69) is 53.6 Å². The van der Waals surface area contributed by atoms with E-state index in [4.69, 9.17) is 4.74 Å². The Morgan fingerprint density at radius 3 is 2.61 bits per heavy atom. The molecule has 0 spiro atoms. The highest BCUT2D eigenvalue weighted by Gasteiger charge is 2.33. The number of nitrogens with zero attached hydrogens (tertiary/aromatic N) is 4. The molecule has 0 radical (unpaired) electrons. The average Bonchev–Trinajstić information content (AvgIpc) is 3.03. The number of ether oxygens (including phenoxy) is 1. The van der Waals surface area contributed by atoms with Gasteiger partial charge < -0.3 is 9.64 Å². The first-order chi connectivity index (χ1) is 11.3. The van der Waals surface area contributed by atoms with Crippen LogP contribution in [0.2, 0.25) is 0 Å². The van der Waals surface area contributed by atoms with Crippen molar-refractivity contribution in [2.24, 2.45) is 5.92 Å². The number of hydrogen-bond donors (Lipinski definition) is 1. The standard InChI is InChI=1S/C17H25N5O/c1-14(2)16(21-10-12-23-13-11-21)17-18-19-20-22(17)9-8-15-6-4-3-5-7-15/h3-7,14,16H,8-13H2,1-2H3/p+1/t16-/m1/s1. The molecule has 0 unspecified atom stereocenters. The molecule has 1 N–H and O–H groups in total. The zero-order chi connectivity index (χ0) is 16.1. The van der Waals surface area contributed by atoms with Crippen LogP contribution in [0.4, 0.5) is 0 Å². The van der Waals surface area contributed by atoms with Gasteiger partial charge in [-0.2, -0.15) is 0 Å². The second-order valence-electron chi connectivity index (χ2n) is 6.49. The van der Waals surface area contributed by atoms with Gasteiger partial charge in [-0.05, 0) is 22.4 Å². The van der Waals surface area contributed by atoms with Crippen molar-refractivity contribution in [3.05, 3.63) is 41.7 Å². The van der Waals surface area contributed by atoms with Crippen LogP contribution < -0.4 is 4.90 Å². The van der Waals surface area contributed by atoms with E-state index in [-0.39, 0.29) is 0 Å². The summed E-state index contributed by atoms with van der Waals surface area (Å²) in [4.78, 5) is 1.53. The first-order valence-corrected chi connectivity index (χ1v) is 8.48. The van der Waals surface area contributed by atoms with Gasteiger partial charge in [0.05, 0.1) is 13.2 Å². The van der Waals surface area contributed by atoms with Gasteiger partial charge in [0, 0.05) is 12.5 Å². The molecule has 3 rings (SSSR count). The molecule has 1 atom stereocenters. The zero-order valence-electron chi connectivity index (χ0n) is 14.0. The number of nitrogens with one attached hydrogen (secondary N) is 1. The number of quaternary nitrogens is 1. The molecule has 124 valence electrons. The maximum Gasteiger partial charge on any atom is 0.209 e. The summed E-state index contributed by atoms with van der Waals surface area (Å²) in [5.74, 6) is 1.50. The van der Waals surface area contributed by atoms with E-state index < -0.39 is 0 Å². The number of aryl methyl sites for hydroxylation is 2. The number of morpholine rings is 1. The van der Waals surface area contributed by atoms with Crippen LogP contribution in [0.15, 0.2) is 30.3 Å². The van der Waals surface area contributed by atoms with Crippen LogP contribution >= 0.6 is 0 Å². The fourth-order valence-electron chi connectivity index (χ4n) is 3.37. The van der Waals surface area contributed by atoms with Crippen LogP contribution in [0.25, 0.3) is 0 Å². The average molecular weight is 316 g/mol. The fraction of sp³-hybridized carbons (Fsp3) is 0.588. The molecule has 1 aromatic carbocycles. The normalized spacial score (nSPS) is 17.5. The first kappa shape index (κ1) is 16.1. The Hall–Kier alpha value is -1.79. The van der Waals surface area contributed by atoms with Gasteiger partial charge in [0.1, 0.15) is 13.1 Å². The van der Waals surface area contributed by atoms with Crippen molar-refractivity contribution in [3.8, 4) is 0 Å². The maximum absolute atomic E-state index is 5.50. The lowest BCUT2D eigenvalue weighted by Gasteiger charge is -2.32. The zero-order valence-corrected chi connectivity index (χ0v) is 14.0. The van der Waals surface area contributed by atoms with E-state index in [1.807, 2.05) is 10.7 Å². The largest absolute Gasteiger partial charge is 0.370 e. The lowest BCUT2D eigenvalue weighted by Crippen LogP contribution is -3.15. The molecule has 0 amide bonds. The van der Waals surface area contributed by atoms with Crippen LogP contribution in [0.3, 0.4) is 0 Å². The van der Waals surface area contributed by atoms with Crippen molar-refractivity contribution in [2.45, 2.75) is 32.9 Å². The van der Waals surface area contributed by atoms with E-state index in [0.29, 0.717) is 12.0 Å². The lowest BCUT2D eigenvalue weighted by atomic mass is 10.0. The molecule has 6 nitrogen and oxygen atoms in total. The van der Waals surface area contributed by atoms with Crippen molar-refractivity contribution < 1.29 is 9.64 Å².